The van der Waals surface area contributed by atoms with Crippen LogP contribution in [0.3, 0.4) is 0 Å². The van der Waals surface area contributed by atoms with Crippen LogP contribution in [0.15, 0.2) is 5.16 Å². The maximum atomic E-state index is 10.5. The van der Waals surface area contributed by atoms with E-state index in [1.165, 1.54) is 0 Å². The summed E-state index contributed by atoms with van der Waals surface area (Å²) >= 11 is 0. The lowest BCUT2D eigenvalue weighted by Crippen LogP contribution is -2.57. The highest BCUT2D eigenvalue weighted by Gasteiger charge is 2.71. The van der Waals surface area contributed by atoms with Crippen molar-refractivity contribution in [2.45, 2.75) is 5.79 Å². The van der Waals surface area contributed by atoms with E-state index < -0.39 is 51.2 Å². The minimum Gasteiger partial charge on any atom is -0.411 e. The van der Waals surface area contributed by atoms with E-state index in [2.05, 4.69) is 14.7 Å². The Bertz CT molecular complexity index is 438. The molecule has 0 aliphatic carbocycles. The Balaban J connectivity index is 4.78. The van der Waals surface area contributed by atoms with Gasteiger partial charge in [0.05, 0.1) is 6.61 Å². The van der Waals surface area contributed by atoms with Crippen molar-refractivity contribution in [3.8, 4) is 0 Å². The Kier molecular flexibility index (Phi) is 6.31. The largest absolute Gasteiger partial charge is 0.723 e. The molecule has 0 rings (SSSR count). The zero-order valence-corrected chi connectivity index (χ0v) is 9.89. The van der Waals surface area contributed by atoms with Crippen molar-refractivity contribution in [2.24, 2.45) is 5.16 Å². The molecule has 16 heteroatoms. The average Bonchev–Trinajstić information content (AvgIpc) is 2.36. The van der Waals surface area contributed by atoms with Gasteiger partial charge in [-0.05, 0) is 0 Å². The Morgan fingerprint density at radius 3 is 1.81 bits per heavy atom. The number of oxime groups is 1. The third-order valence-electron chi connectivity index (χ3n) is 1.92. The quantitative estimate of drug-likeness (QED) is 0.161. The fourth-order valence-electron chi connectivity index (χ4n) is 0.891. The summed E-state index contributed by atoms with van der Waals surface area (Å²) in [5, 5.41) is 51.0. The molecule has 0 bridgehead atoms. The molecule has 1 N–H and O–H groups in total. The average molecular weight is 313 g/mol. The first kappa shape index (κ1) is 17.8. The Labute approximate surface area is 113 Å². The molecule has 0 heterocycles. The molecule has 0 aromatic rings. The fourth-order valence-corrected chi connectivity index (χ4v) is 0.891. The molecule has 0 saturated heterocycles. The Hall–Kier alpha value is -3.17. The SMILES string of the molecule is O=[N+]([O-])OC/C(COCC([N+](=O)[O-])([N+](=O)[O-])[N+](=O)[O-])=N\O. The number of ether oxygens (including phenoxy) is 1. The molecule has 0 atom stereocenters. The molecular formula is C5H7N5O11. The highest BCUT2D eigenvalue weighted by molar-refractivity contribution is 5.86. The number of nitro groups is 3. The van der Waals surface area contributed by atoms with Crippen LogP contribution in [0.25, 0.3) is 0 Å². The summed E-state index contributed by atoms with van der Waals surface area (Å²) in [6, 6.07) is 0. The van der Waals surface area contributed by atoms with Gasteiger partial charge in [0, 0.05) is 0 Å². The molecule has 0 aromatic heterocycles. The minimum atomic E-state index is -3.84. The summed E-state index contributed by atoms with van der Waals surface area (Å²) in [7, 11) is 0. The third-order valence-corrected chi connectivity index (χ3v) is 1.92. The van der Waals surface area contributed by atoms with Crippen molar-refractivity contribution >= 4 is 5.71 Å². The number of nitrogens with zero attached hydrogens (tertiary/aromatic N) is 5. The monoisotopic (exact) mass is 313 g/mol. The summed E-state index contributed by atoms with van der Waals surface area (Å²) in [6.07, 6.45) is 0. The van der Waals surface area contributed by atoms with E-state index in [0.717, 1.165) is 0 Å². The predicted octanol–water partition coefficient (Wildman–Crippen LogP) is -1.47. The summed E-state index contributed by atoms with van der Waals surface area (Å²) in [5.74, 6) is -3.84. The van der Waals surface area contributed by atoms with Crippen LogP contribution < -0.4 is 0 Å². The van der Waals surface area contributed by atoms with E-state index in [0.29, 0.717) is 0 Å². The third kappa shape index (κ3) is 4.45. The highest BCUT2D eigenvalue weighted by atomic mass is 16.9. The maximum absolute atomic E-state index is 10.5. The molecule has 21 heavy (non-hydrogen) atoms. The van der Waals surface area contributed by atoms with Crippen molar-refractivity contribution < 1.29 is 34.6 Å². The van der Waals surface area contributed by atoms with Crippen LogP contribution in [-0.2, 0) is 9.57 Å². The van der Waals surface area contributed by atoms with E-state index in [-0.39, 0.29) is 0 Å². The first-order valence-electron chi connectivity index (χ1n) is 4.66. The van der Waals surface area contributed by atoms with Gasteiger partial charge in [-0.1, -0.05) is 5.16 Å². The Morgan fingerprint density at radius 1 is 1.00 bits per heavy atom. The van der Waals surface area contributed by atoms with Gasteiger partial charge in [0.1, 0.15) is 12.3 Å². The topological polar surface area (TPSA) is 224 Å². The molecule has 0 amide bonds. The first-order valence-corrected chi connectivity index (χ1v) is 4.66. The van der Waals surface area contributed by atoms with E-state index in [1.54, 1.807) is 0 Å². The van der Waals surface area contributed by atoms with Crippen LogP contribution in [-0.4, -0.2) is 56.4 Å². The van der Waals surface area contributed by atoms with E-state index >= 15 is 0 Å². The number of rotatable bonds is 10. The minimum absolute atomic E-state index is 0.573. The molecular weight excluding hydrogens is 306 g/mol. The van der Waals surface area contributed by atoms with Gasteiger partial charge >= 0.3 is 5.79 Å². The lowest BCUT2D eigenvalue weighted by atomic mass is 10.4. The summed E-state index contributed by atoms with van der Waals surface area (Å²) in [6.45, 7) is -3.40. The van der Waals surface area contributed by atoms with Gasteiger partial charge in [-0.2, -0.15) is 0 Å². The summed E-state index contributed by atoms with van der Waals surface area (Å²) in [4.78, 5) is 39.9. The second-order valence-electron chi connectivity index (χ2n) is 3.20. The van der Waals surface area contributed by atoms with Crippen LogP contribution in [0.4, 0.5) is 0 Å². The molecule has 0 unspecified atom stereocenters. The van der Waals surface area contributed by atoms with Crippen molar-refractivity contribution in [3.05, 3.63) is 40.5 Å². The van der Waals surface area contributed by atoms with Gasteiger partial charge in [0.25, 0.3) is 11.7 Å². The maximum Gasteiger partial charge on any atom is 0.723 e. The lowest BCUT2D eigenvalue weighted by Gasteiger charge is -2.09. The second kappa shape index (κ2) is 7.43. The van der Waals surface area contributed by atoms with E-state index in [9.17, 15) is 40.5 Å². The van der Waals surface area contributed by atoms with Gasteiger partial charge in [-0.3, -0.25) is 30.3 Å². The normalized spacial score (nSPS) is 11.7. The Morgan fingerprint density at radius 2 is 1.48 bits per heavy atom. The van der Waals surface area contributed by atoms with Crippen molar-refractivity contribution in [1.29, 1.82) is 0 Å². The smallest absolute Gasteiger partial charge is 0.411 e. The summed E-state index contributed by atoms with van der Waals surface area (Å²) < 4.78 is 4.35. The molecule has 0 fully saturated rings. The van der Waals surface area contributed by atoms with Crippen LogP contribution >= 0.6 is 0 Å². The van der Waals surface area contributed by atoms with Crippen molar-refractivity contribution in [3.63, 3.8) is 0 Å². The molecule has 118 valence electrons. The molecule has 0 aliphatic rings. The standard InChI is InChI=1S/C5H7N5O11/c11-6-4(2-21-10(18)19)1-20-3-5(7(12)13,8(14)15)9(16)17/h11H,1-3H2/b6-4-. The molecule has 0 radical (unpaired) electrons. The van der Waals surface area contributed by atoms with Gasteiger partial charge in [0.2, 0.25) is 0 Å². The van der Waals surface area contributed by atoms with Gasteiger partial charge in [0.15, 0.2) is 14.8 Å². The zero-order chi connectivity index (χ0) is 16.6. The van der Waals surface area contributed by atoms with Crippen LogP contribution in [0, 0.1) is 40.5 Å². The highest BCUT2D eigenvalue weighted by Crippen LogP contribution is 2.12. The fraction of sp³-hybridized carbons (Fsp3) is 0.800. The first-order chi connectivity index (χ1) is 9.68. The van der Waals surface area contributed by atoms with Crippen molar-refractivity contribution in [2.75, 3.05) is 19.8 Å². The van der Waals surface area contributed by atoms with Crippen LogP contribution in [0.5, 0.6) is 0 Å². The second-order valence-corrected chi connectivity index (χ2v) is 3.20. The molecule has 0 spiro atoms. The van der Waals surface area contributed by atoms with E-state index in [1.807, 2.05) is 0 Å². The zero-order valence-electron chi connectivity index (χ0n) is 9.89. The summed E-state index contributed by atoms with van der Waals surface area (Å²) in [5.41, 5.74) is -0.573. The lowest BCUT2D eigenvalue weighted by molar-refractivity contribution is -0.970. The molecule has 0 aliphatic heterocycles. The van der Waals surface area contributed by atoms with E-state index in [4.69, 9.17) is 5.21 Å². The number of hydrogen-bond acceptors (Lipinski definition) is 12. The van der Waals surface area contributed by atoms with Crippen LogP contribution in [0.1, 0.15) is 0 Å². The molecule has 0 saturated carbocycles. The van der Waals surface area contributed by atoms with Gasteiger partial charge < -0.3 is 14.8 Å². The van der Waals surface area contributed by atoms with Gasteiger partial charge in [-0.15, -0.1) is 10.1 Å². The molecule has 0 aromatic carbocycles. The van der Waals surface area contributed by atoms with Crippen LogP contribution in [0.2, 0.25) is 0 Å². The van der Waals surface area contributed by atoms with Gasteiger partial charge in [-0.25, -0.2) is 0 Å². The van der Waals surface area contributed by atoms with Crippen molar-refractivity contribution in [1.82, 2.24) is 0 Å². The predicted molar refractivity (Wildman–Crippen MR) is 56.7 cm³/mol. The number of hydrogen-bond donors (Lipinski definition) is 1. The molecule has 16 nitrogen and oxygen atoms in total.